The molecule has 0 aliphatic heterocycles. The van der Waals surface area contributed by atoms with Gasteiger partial charge in [-0.15, -0.1) is 0 Å². The zero-order chi connectivity index (χ0) is 54.1. The summed E-state index contributed by atoms with van der Waals surface area (Å²) in [4.78, 5) is 47.8. The molecule has 4 aliphatic rings. The van der Waals surface area contributed by atoms with Crippen LogP contribution in [0.25, 0.3) is 0 Å². The Morgan fingerprint density at radius 3 is 0.487 bits per heavy atom. The summed E-state index contributed by atoms with van der Waals surface area (Å²) in [7, 11) is 0. The van der Waals surface area contributed by atoms with E-state index in [0.717, 1.165) is 83.0 Å². The molecule has 4 heteroatoms. The SMILES string of the molecule is CC(=O)c1ccc(C#Cc2ccc(C34CC5(c6ccc(C#Cc7ccc(C(C)=O)cc7)cc6)CC(c6ccc(C#Cc7ccc(C(C)=O)cc7)cc6)(C3)CC(c3ccc(C#Cc6ccc(C(C)=O)cc6)cc3)(C4)C5)cc2)cc1. The number of Topliss-reactive ketones (excluding diaryl/α,β-unsaturated/α-hetero) is 4. The number of carbonyl (C=O) groups is 4. The first-order valence-electron chi connectivity index (χ1n) is 26.6. The van der Waals surface area contributed by atoms with Gasteiger partial charge in [-0.3, -0.25) is 19.2 Å². The molecular weight excluding hydrogens is 953 g/mol. The van der Waals surface area contributed by atoms with E-state index in [1.165, 1.54) is 22.3 Å². The minimum atomic E-state index is -0.206. The normalized spacial score (nSPS) is 20.3. The van der Waals surface area contributed by atoms with Gasteiger partial charge in [-0.1, -0.05) is 144 Å². The predicted molar refractivity (Wildman–Crippen MR) is 310 cm³/mol. The Morgan fingerprint density at radius 2 is 0.359 bits per heavy atom. The molecule has 0 unspecified atom stereocenters. The molecule has 0 atom stereocenters. The molecule has 4 aliphatic carbocycles. The quantitative estimate of drug-likeness (QED) is 0.112. The first kappa shape index (κ1) is 50.8. The summed E-state index contributed by atoms with van der Waals surface area (Å²) < 4.78 is 0. The molecule has 4 saturated carbocycles. The van der Waals surface area contributed by atoms with Crippen molar-refractivity contribution >= 4 is 23.1 Å². The van der Waals surface area contributed by atoms with Crippen LogP contribution in [0.15, 0.2) is 194 Å². The summed E-state index contributed by atoms with van der Waals surface area (Å²) in [6.07, 6.45) is 5.93. The van der Waals surface area contributed by atoms with E-state index < -0.39 is 0 Å². The van der Waals surface area contributed by atoms with E-state index in [1.807, 2.05) is 97.1 Å². The lowest BCUT2D eigenvalue weighted by atomic mass is 9.32. The van der Waals surface area contributed by atoms with Crippen LogP contribution in [0, 0.1) is 47.4 Å². The van der Waals surface area contributed by atoms with E-state index in [4.69, 9.17) is 0 Å². The Kier molecular flexibility index (Phi) is 13.5. The summed E-state index contributed by atoms with van der Waals surface area (Å²) in [6, 6.07) is 66.0. The fourth-order valence-corrected chi connectivity index (χ4v) is 13.2. The second kappa shape index (κ2) is 20.7. The van der Waals surface area contributed by atoms with Crippen molar-refractivity contribution in [2.45, 2.75) is 87.9 Å². The average molecular weight is 1010 g/mol. The number of carbonyl (C=O) groups excluding carboxylic acids is 4. The van der Waals surface area contributed by atoms with Crippen molar-refractivity contribution < 1.29 is 19.2 Å². The van der Waals surface area contributed by atoms with Crippen molar-refractivity contribution in [3.05, 3.63) is 283 Å². The molecule has 0 spiro atoms. The van der Waals surface area contributed by atoms with Gasteiger partial charge in [0.05, 0.1) is 0 Å². The summed E-state index contributed by atoms with van der Waals surface area (Å²) in [6.45, 7) is 6.30. The van der Waals surface area contributed by atoms with Crippen molar-refractivity contribution in [1.29, 1.82) is 0 Å². The predicted octanol–water partition coefficient (Wildman–Crippen LogP) is 14.5. The van der Waals surface area contributed by atoms with Crippen LogP contribution >= 0.6 is 0 Å². The first-order chi connectivity index (χ1) is 37.7. The smallest absolute Gasteiger partial charge is 0.159 e. The Labute approximate surface area is 458 Å². The van der Waals surface area contributed by atoms with Gasteiger partial charge in [0, 0.05) is 66.8 Å². The van der Waals surface area contributed by atoms with Crippen LogP contribution in [0.4, 0.5) is 0 Å². The largest absolute Gasteiger partial charge is 0.295 e. The second-order valence-corrected chi connectivity index (χ2v) is 22.0. The Morgan fingerprint density at radius 1 is 0.231 bits per heavy atom. The molecule has 4 fully saturated rings. The van der Waals surface area contributed by atoms with E-state index in [-0.39, 0.29) is 44.8 Å². The number of ketones is 4. The zero-order valence-corrected chi connectivity index (χ0v) is 44.4. The molecule has 376 valence electrons. The summed E-state index contributed by atoms with van der Waals surface area (Å²) in [5.74, 6) is 27.0. The van der Waals surface area contributed by atoms with E-state index in [2.05, 4.69) is 144 Å². The maximum atomic E-state index is 11.9. The van der Waals surface area contributed by atoms with E-state index >= 15 is 0 Å². The monoisotopic (exact) mass is 1010 g/mol. The van der Waals surface area contributed by atoms with Crippen molar-refractivity contribution in [3.8, 4) is 47.4 Å². The van der Waals surface area contributed by atoms with Crippen molar-refractivity contribution in [2.75, 3.05) is 0 Å². The lowest BCUT2D eigenvalue weighted by molar-refractivity contribution is -0.0691. The minimum Gasteiger partial charge on any atom is -0.295 e. The minimum absolute atomic E-state index is 0.0327. The number of benzene rings is 8. The summed E-state index contributed by atoms with van der Waals surface area (Å²) in [5, 5.41) is 0. The van der Waals surface area contributed by atoms with Crippen molar-refractivity contribution in [1.82, 2.24) is 0 Å². The average Bonchev–Trinajstić information content (AvgIpc) is 3.56. The number of hydrogen-bond donors (Lipinski definition) is 0. The van der Waals surface area contributed by atoms with Crippen LogP contribution in [-0.4, -0.2) is 23.1 Å². The van der Waals surface area contributed by atoms with Gasteiger partial charge >= 0.3 is 0 Å². The van der Waals surface area contributed by atoms with Gasteiger partial charge in [0.15, 0.2) is 23.1 Å². The number of hydrogen-bond acceptors (Lipinski definition) is 4. The van der Waals surface area contributed by atoms with Crippen LogP contribution in [-0.2, 0) is 21.7 Å². The molecule has 0 saturated heterocycles. The Balaban J connectivity index is 1.01. The molecule has 0 radical (unpaired) electrons. The van der Waals surface area contributed by atoms with Gasteiger partial charge in [0.1, 0.15) is 0 Å². The topological polar surface area (TPSA) is 68.3 Å². The van der Waals surface area contributed by atoms with Crippen molar-refractivity contribution in [2.24, 2.45) is 0 Å². The van der Waals surface area contributed by atoms with Gasteiger partial charge in [0.2, 0.25) is 0 Å². The highest BCUT2D eigenvalue weighted by Crippen LogP contribution is 2.74. The highest BCUT2D eigenvalue weighted by atomic mass is 16.1. The maximum absolute atomic E-state index is 11.9. The van der Waals surface area contributed by atoms with Gasteiger partial charge < -0.3 is 0 Å². The fourth-order valence-electron chi connectivity index (χ4n) is 13.2. The molecule has 0 N–H and O–H groups in total. The third-order valence-electron chi connectivity index (χ3n) is 16.6. The molecule has 4 nitrogen and oxygen atoms in total. The van der Waals surface area contributed by atoms with Crippen LogP contribution in [0.3, 0.4) is 0 Å². The highest BCUT2D eigenvalue weighted by Gasteiger charge is 2.69. The van der Waals surface area contributed by atoms with E-state index in [9.17, 15) is 19.2 Å². The third kappa shape index (κ3) is 10.4. The van der Waals surface area contributed by atoms with Crippen LogP contribution < -0.4 is 0 Å². The van der Waals surface area contributed by atoms with Crippen molar-refractivity contribution in [3.63, 3.8) is 0 Å². The lowest BCUT2D eigenvalue weighted by Gasteiger charge is -2.71. The lowest BCUT2D eigenvalue weighted by Crippen LogP contribution is -2.67. The molecule has 8 aromatic carbocycles. The van der Waals surface area contributed by atoms with Crippen LogP contribution in [0.2, 0.25) is 0 Å². The van der Waals surface area contributed by atoms with E-state index in [0.29, 0.717) is 22.3 Å². The summed E-state index contributed by atoms with van der Waals surface area (Å²) in [5.41, 5.74) is 14.3. The zero-order valence-electron chi connectivity index (χ0n) is 44.4. The van der Waals surface area contributed by atoms with Gasteiger partial charge in [0.25, 0.3) is 0 Å². The van der Waals surface area contributed by atoms with Gasteiger partial charge in [-0.25, -0.2) is 0 Å². The molecule has 12 rings (SSSR count). The molecule has 0 aromatic heterocycles. The molecule has 8 aromatic rings. The number of rotatable bonds is 8. The third-order valence-corrected chi connectivity index (χ3v) is 16.6. The molecule has 4 bridgehead atoms. The molecular formula is C74H56O4. The van der Waals surface area contributed by atoms with Crippen LogP contribution in [0.1, 0.15) is 174 Å². The molecule has 0 amide bonds. The van der Waals surface area contributed by atoms with Gasteiger partial charge in [-0.05, 0) is 207 Å². The molecule has 78 heavy (non-hydrogen) atoms. The van der Waals surface area contributed by atoms with E-state index in [1.54, 1.807) is 27.7 Å². The molecule has 0 heterocycles. The maximum Gasteiger partial charge on any atom is 0.159 e. The van der Waals surface area contributed by atoms with Crippen LogP contribution in [0.5, 0.6) is 0 Å². The fraction of sp³-hybridized carbons (Fsp3) is 0.189. The Hall–Kier alpha value is -9.32. The second-order valence-electron chi connectivity index (χ2n) is 22.0. The summed E-state index contributed by atoms with van der Waals surface area (Å²) >= 11 is 0. The van der Waals surface area contributed by atoms with Gasteiger partial charge in [-0.2, -0.15) is 0 Å². The standard InChI is InChI=1S/C74H56O4/c1-51(75)63-29-13-55(14-30-63)5-9-59-21-37-67(38-22-59)71-45-72(68-39-23-60(24-40-68)10-6-56-15-31-64(32-16-56)52(2)76)48-73(46-71,69-41-25-61(26-42-69)11-7-57-17-33-65(34-18-57)53(3)77)50-74(47-71,49-72)70-43-27-62(28-44-70)12-8-58-19-35-66(36-20-58)54(4)78/h13-44H,45-50H2,1-4H3. The first-order valence-corrected chi connectivity index (χ1v) is 26.6. The Bertz CT molecular complexity index is 3360. The highest BCUT2D eigenvalue weighted by molar-refractivity contribution is 5.95.